The van der Waals surface area contributed by atoms with Crippen LogP contribution in [0.15, 0.2) is 24.7 Å². The van der Waals surface area contributed by atoms with Gasteiger partial charge in [0.2, 0.25) is 5.88 Å². The van der Waals surface area contributed by atoms with Crippen LogP contribution < -0.4 is 14.4 Å². The molecule has 3 aromatic heterocycles. The quantitative estimate of drug-likeness (QED) is 0.712. The van der Waals surface area contributed by atoms with Gasteiger partial charge in [-0.25, -0.2) is 14.5 Å². The summed E-state index contributed by atoms with van der Waals surface area (Å²) in [6.07, 6.45) is 6.43. The molecule has 0 saturated carbocycles. The van der Waals surface area contributed by atoms with E-state index in [0.29, 0.717) is 11.4 Å². The Kier molecular flexibility index (Phi) is 3.90. The number of imidazole rings is 1. The molecule has 0 aromatic carbocycles. The first-order valence-electron chi connectivity index (χ1n) is 8.55. The van der Waals surface area contributed by atoms with Crippen LogP contribution in [-0.4, -0.2) is 51.9 Å². The Morgan fingerprint density at radius 2 is 2.00 bits per heavy atom. The van der Waals surface area contributed by atoms with Gasteiger partial charge in [-0.15, -0.1) is 0 Å². The van der Waals surface area contributed by atoms with Crippen molar-refractivity contribution in [2.24, 2.45) is 5.41 Å². The van der Waals surface area contributed by atoms with Crippen molar-refractivity contribution in [3.8, 4) is 23.1 Å². The highest BCUT2D eigenvalue weighted by molar-refractivity contribution is 5.76. The van der Waals surface area contributed by atoms with Gasteiger partial charge in [-0.3, -0.25) is 0 Å². The van der Waals surface area contributed by atoms with Crippen LogP contribution >= 0.6 is 0 Å². The van der Waals surface area contributed by atoms with E-state index in [4.69, 9.17) is 9.47 Å². The second-order valence-corrected chi connectivity index (χ2v) is 7.23. The number of fused-ring (bicyclic) bond motifs is 1. The average molecular weight is 354 g/mol. The molecule has 0 radical (unpaired) electrons. The van der Waals surface area contributed by atoms with E-state index in [2.05, 4.69) is 38.8 Å². The molecule has 3 aromatic rings. The van der Waals surface area contributed by atoms with E-state index in [1.807, 2.05) is 12.3 Å². The molecule has 1 fully saturated rings. The smallest absolute Gasteiger partial charge is 0.319 e. The molecule has 0 bridgehead atoms. The highest BCUT2D eigenvalue weighted by Gasteiger charge is 2.31. The number of methoxy groups -OCH3 is 2. The average Bonchev–Trinajstić information content (AvgIpc) is 3.26. The summed E-state index contributed by atoms with van der Waals surface area (Å²) in [5.41, 5.74) is 3.63. The fraction of sp³-hybridized carbons (Fsp3) is 0.444. The largest absolute Gasteiger partial charge is 0.480 e. The van der Waals surface area contributed by atoms with Crippen LogP contribution in [-0.2, 0) is 0 Å². The van der Waals surface area contributed by atoms with E-state index in [0.717, 1.165) is 36.5 Å². The Morgan fingerprint density at radius 1 is 1.15 bits per heavy atom. The van der Waals surface area contributed by atoms with Crippen LogP contribution in [0.3, 0.4) is 0 Å². The zero-order valence-electron chi connectivity index (χ0n) is 15.4. The summed E-state index contributed by atoms with van der Waals surface area (Å²) >= 11 is 0. The normalized spacial score (nSPS) is 16.2. The summed E-state index contributed by atoms with van der Waals surface area (Å²) in [4.78, 5) is 15.3. The molecule has 4 rings (SSSR count). The van der Waals surface area contributed by atoms with Crippen LogP contribution in [0.4, 0.5) is 5.69 Å². The maximum Gasteiger partial charge on any atom is 0.319 e. The molecule has 0 spiro atoms. The van der Waals surface area contributed by atoms with Gasteiger partial charge in [0.15, 0.2) is 5.65 Å². The molecule has 8 nitrogen and oxygen atoms in total. The van der Waals surface area contributed by atoms with Crippen molar-refractivity contribution < 1.29 is 9.47 Å². The SMILES string of the molecule is COc1ncc(-c2cc(N3CCC(C)(C)C3)c3nccn3n2)c(OC)n1. The minimum absolute atomic E-state index is 0.260. The standard InChI is InChI=1S/C18H22N6O2/c1-18(2)5-7-23(11-18)14-9-13(22-24-8-6-19-15(14)24)12-10-20-17(26-4)21-16(12)25-3/h6,8-10H,5,7,11H2,1-4H3. The molecule has 26 heavy (non-hydrogen) atoms. The van der Waals surface area contributed by atoms with Crippen molar-refractivity contribution in [2.75, 3.05) is 32.2 Å². The van der Waals surface area contributed by atoms with Crippen LogP contribution in [0, 0.1) is 5.41 Å². The molecular weight excluding hydrogens is 332 g/mol. The highest BCUT2D eigenvalue weighted by Crippen LogP contribution is 2.36. The Labute approximate surface area is 151 Å². The summed E-state index contributed by atoms with van der Waals surface area (Å²) in [7, 11) is 3.10. The van der Waals surface area contributed by atoms with Gasteiger partial charge in [-0.1, -0.05) is 13.8 Å². The molecule has 4 heterocycles. The van der Waals surface area contributed by atoms with Crippen LogP contribution in [0.2, 0.25) is 0 Å². The van der Waals surface area contributed by atoms with E-state index in [1.165, 1.54) is 7.11 Å². The number of anilines is 1. The number of nitrogens with zero attached hydrogens (tertiary/aromatic N) is 6. The molecule has 8 heteroatoms. The molecule has 0 N–H and O–H groups in total. The van der Waals surface area contributed by atoms with Crippen molar-refractivity contribution in [3.05, 3.63) is 24.7 Å². The molecule has 0 aliphatic carbocycles. The zero-order chi connectivity index (χ0) is 18.3. The third kappa shape index (κ3) is 2.81. The lowest BCUT2D eigenvalue weighted by Gasteiger charge is -2.22. The second-order valence-electron chi connectivity index (χ2n) is 7.23. The lowest BCUT2D eigenvalue weighted by atomic mass is 9.93. The van der Waals surface area contributed by atoms with Gasteiger partial charge in [0, 0.05) is 31.7 Å². The van der Waals surface area contributed by atoms with E-state index in [-0.39, 0.29) is 11.4 Å². The number of rotatable bonds is 4. The lowest BCUT2D eigenvalue weighted by Crippen LogP contribution is -2.23. The maximum absolute atomic E-state index is 5.42. The summed E-state index contributed by atoms with van der Waals surface area (Å²) in [5.74, 6) is 0.427. The summed E-state index contributed by atoms with van der Waals surface area (Å²) in [5, 5.41) is 4.66. The van der Waals surface area contributed by atoms with Gasteiger partial charge in [0.05, 0.1) is 25.5 Å². The predicted molar refractivity (Wildman–Crippen MR) is 97.7 cm³/mol. The molecule has 136 valence electrons. The topological polar surface area (TPSA) is 77.7 Å². The molecule has 1 aliphatic rings. The molecule has 0 amide bonds. The van der Waals surface area contributed by atoms with Crippen molar-refractivity contribution in [1.82, 2.24) is 24.6 Å². The Hall–Kier alpha value is -2.90. The molecule has 0 atom stereocenters. The Balaban J connectivity index is 1.85. The summed E-state index contributed by atoms with van der Waals surface area (Å²) in [6, 6.07) is 2.30. The lowest BCUT2D eigenvalue weighted by molar-refractivity contribution is 0.353. The predicted octanol–water partition coefficient (Wildman–Crippen LogP) is 2.44. The van der Waals surface area contributed by atoms with Crippen LogP contribution in [0.1, 0.15) is 20.3 Å². The first-order chi connectivity index (χ1) is 12.5. The maximum atomic E-state index is 5.42. The first-order valence-corrected chi connectivity index (χ1v) is 8.55. The van der Waals surface area contributed by atoms with Crippen molar-refractivity contribution in [2.45, 2.75) is 20.3 Å². The van der Waals surface area contributed by atoms with Gasteiger partial charge < -0.3 is 14.4 Å². The molecule has 0 unspecified atom stereocenters. The minimum atomic E-state index is 0.260. The second kappa shape index (κ2) is 6.12. The molecule has 1 aliphatic heterocycles. The van der Waals surface area contributed by atoms with Crippen molar-refractivity contribution >= 4 is 11.3 Å². The highest BCUT2D eigenvalue weighted by atomic mass is 16.5. The van der Waals surface area contributed by atoms with Gasteiger partial charge in [-0.05, 0) is 17.9 Å². The van der Waals surface area contributed by atoms with Gasteiger partial charge in [0.1, 0.15) is 5.69 Å². The Morgan fingerprint density at radius 3 is 2.69 bits per heavy atom. The summed E-state index contributed by atoms with van der Waals surface area (Å²) < 4.78 is 12.3. The van der Waals surface area contributed by atoms with Crippen molar-refractivity contribution in [3.63, 3.8) is 0 Å². The number of ether oxygens (including phenoxy) is 2. The van der Waals surface area contributed by atoms with E-state index >= 15 is 0 Å². The van der Waals surface area contributed by atoms with Crippen LogP contribution in [0.25, 0.3) is 16.9 Å². The first kappa shape index (κ1) is 16.6. The van der Waals surface area contributed by atoms with Crippen LogP contribution in [0.5, 0.6) is 11.9 Å². The fourth-order valence-corrected chi connectivity index (χ4v) is 3.36. The van der Waals surface area contributed by atoms with Gasteiger partial charge >= 0.3 is 6.01 Å². The fourth-order valence-electron chi connectivity index (χ4n) is 3.36. The number of aromatic nitrogens is 5. The van der Waals surface area contributed by atoms with E-state index < -0.39 is 0 Å². The monoisotopic (exact) mass is 354 g/mol. The number of hydrogen-bond acceptors (Lipinski definition) is 7. The summed E-state index contributed by atoms with van der Waals surface area (Å²) in [6.45, 7) is 6.56. The Bertz CT molecular complexity index is 952. The van der Waals surface area contributed by atoms with E-state index in [9.17, 15) is 0 Å². The van der Waals surface area contributed by atoms with E-state index in [1.54, 1.807) is 24.0 Å². The zero-order valence-corrected chi connectivity index (χ0v) is 15.4. The third-order valence-corrected chi connectivity index (χ3v) is 4.74. The molecule has 1 saturated heterocycles. The van der Waals surface area contributed by atoms with Crippen molar-refractivity contribution in [1.29, 1.82) is 0 Å². The number of hydrogen-bond donors (Lipinski definition) is 0. The molecular formula is C18H22N6O2. The third-order valence-electron chi connectivity index (χ3n) is 4.74. The van der Waals surface area contributed by atoms with Gasteiger partial charge in [0.25, 0.3) is 0 Å². The van der Waals surface area contributed by atoms with Gasteiger partial charge in [-0.2, -0.15) is 10.1 Å². The minimum Gasteiger partial charge on any atom is -0.480 e.